The summed E-state index contributed by atoms with van der Waals surface area (Å²) in [6, 6.07) is 0. The fourth-order valence-corrected chi connectivity index (χ4v) is 16.7. The van der Waals surface area contributed by atoms with Crippen LogP contribution in [0.4, 0.5) is 0 Å². The van der Waals surface area contributed by atoms with Gasteiger partial charge in [-0.3, -0.25) is 0 Å². The summed E-state index contributed by atoms with van der Waals surface area (Å²) in [6.45, 7) is 25.0. The molecule has 1 saturated heterocycles. The number of ether oxygens (including phenoxy) is 1. The molecule has 0 aliphatic carbocycles. The minimum absolute atomic E-state index is 0.175. The molecule has 1 aliphatic heterocycles. The highest BCUT2D eigenvalue weighted by Crippen LogP contribution is 2.53. The van der Waals surface area contributed by atoms with Crippen molar-refractivity contribution in [2.45, 2.75) is 85.3 Å². The summed E-state index contributed by atoms with van der Waals surface area (Å²) in [7, 11) is -8.08. The minimum Gasteiger partial charge on any atom is -0.459 e. The SMILES string of the molecule is C=CC(=O)OC(CC(C(C)C)(C(C)C)[SiH]1O[Si](C)(C)O[SiH2]O[Si](C)(C)O1)C(C)C. The van der Waals surface area contributed by atoms with E-state index in [1.54, 1.807) is 0 Å². The van der Waals surface area contributed by atoms with Gasteiger partial charge in [0, 0.05) is 11.1 Å². The molecule has 29 heavy (non-hydrogen) atoms. The molecular formula is C19H42O6Si4. The molecule has 1 aliphatic rings. The van der Waals surface area contributed by atoms with Gasteiger partial charge in [0.05, 0.1) is 0 Å². The van der Waals surface area contributed by atoms with Gasteiger partial charge in [-0.2, -0.15) is 0 Å². The lowest BCUT2D eigenvalue weighted by atomic mass is 9.78. The predicted octanol–water partition coefficient (Wildman–Crippen LogP) is 3.89. The van der Waals surface area contributed by atoms with Crippen molar-refractivity contribution < 1.29 is 26.0 Å². The van der Waals surface area contributed by atoms with Gasteiger partial charge in [0.2, 0.25) is 0 Å². The van der Waals surface area contributed by atoms with Crippen LogP contribution in [0.3, 0.4) is 0 Å². The van der Waals surface area contributed by atoms with E-state index in [4.69, 9.17) is 21.2 Å². The first-order valence-corrected chi connectivity index (χ1v) is 18.9. The van der Waals surface area contributed by atoms with Crippen LogP contribution in [0.1, 0.15) is 48.0 Å². The molecule has 170 valence electrons. The topological polar surface area (TPSA) is 63.2 Å². The Balaban J connectivity index is 3.45. The van der Waals surface area contributed by atoms with Gasteiger partial charge in [0.1, 0.15) is 6.10 Å². The van der Waals surface area contributed by atoms with Crippen LogP contribution in [0.15, 0.2) is 12.7 Å². The van der Waals surface area contributed by atoms with Crippen molar-refractivity contribution in [1.29, 1.82) is 0 Å². The third-order valence-electron chi connectivity index (χ3n) is 5.92. The van der Waals surface area contributed by atoms with E-state index >= 15 is 0 Å². The van der Waals surface area contributed by atoms with E-state index in [-0.39, 0.29) is 34.9 Å². The lowest BCUT2D eigenvalue weighted by Crippen LogP contribution is -2.60. The van der Waals surface area contributed by atoms with Gasteiger partial charge in [-0.15, -0.1) is 0 Å². The Morgan fingerprint density at radius 1 is 1.03 bits per heavy atom. The quantitative estimate of drug-likeness (QED) is 0.300. The molecule has 1 atom stereocenters. The third-order valence-corrected chi connectivity index (χ3v) is 21.1. The van der Waals surface area contributed by atoms with E-state index in [1.807, 2.05) is 0 Å². The van der Waals surface area contributed by atoms with E-state index in [9.17, 15) is 4.79 Å². The molecule has 10 heteroatoms. The standard InChI is InChI=1S/C19H42O6Si4/c1-12-18(20)21-17(14(2)3)13-19(15(4)5,16(6)7)27-24-28(8,9)22-26-23-29(10,11)25-27/h12,14-17,27H,1,13,26H2,2-11H3. The number of hydrogen-bond acceptors (Lipinski definition) is 6. The summed E-state index contributed by atoms with van der Waals surface area (Å²) in [5.74, 6) is 0.366. The Hall–Kier alpha value is -0.0825. The van der Waals surface area contributed by atoms with Gasteiger partial charge in [-0.05, 0) is 50.4 Å². The Labute approximate surface area is 184 Å². The first kappa shape index (κ1) is 27.0. The second-order valence-corrected chi connectivity index (χ2v) is 21.6. The van der Waals surface area contributed by atoms with Crippen molar-refractivity contribution in [1.82, 2.24) is 0 Å². The molecule has 1 unspecified atom stereocenters. The van der Waals surface area contributed by atoms with Crippen molar-refractivity contribution in [3.63, 3.8) is 0 Å². The maximum Gasteiger partial charge on any atom is 0.330 e. The maximum atomic E-state index is 12.0. The summed E-state index contributed by atoms with van der Waals surface area (Å²) < 4.78 is 31.6. The zero-order valence-electron chi connectivity index (χ0n) is 20.0. The normalized spacial score (nSPS) is 24.4. The van der Waals surface area contributed by atoms with Gasteiger partial charge < -0.3 is 21.2 Å². The van der Waals surface area contributed by atoms with Crippen LogP contribution in [0.25, 0.3) is 0 Å². The highest BCUT2D eigenvalue weighted by molar-refractivity contribution is 6.83. The lowest BCUT2D eigenvalue weighted by molar-refractivity contribution is -0.146. The molecule has 6 nitrogen and oxygen atoms in total. The molecule has 0 spiro atoms. The van der Waals surface area contributed by atoms with Gasteiger partial charge in [0.25, 0.3) is 10.0 Å². The summed E-state index contributed by atoms with van der Waals surface area (Å²) >= 11 is 0. The molecular weight excluding hydrogens is 437 g/mol. The lowest BCUT2D eigenvalue weighted by Gasteiger charge is -2.51. The summed E-state index contributed by atoms with van der Waals surface area (Å²) in [6.07, 6.45) is 1.70. The van der Waals surface area contributed by atoms with Gasteiger partial charge in [0.15, 0.2) is 0 Å². The average Bonchev–Trinajstić information content (AvgIpc) is 2.54. The second-order valence-electron chi connectivity index (χ2n) is 9.82. The largest absolute Gasteiger partial charge is 0.459 e. The fraction of sp³-hybridized carbons (Fsp3) is 0.842. The van der Waals surface area contributed by atoms with E-state index < -0.39 is 36.4 Å². The summed E-state index contributed by atoms with van der Waals surface area (Å²) in [5.41, 5.74) is 0. The molecule has 0 radical (unpaired) electrons. The fourth-order valence-electron chi connectivity index (χ4n) is 3.88. The Morgan fingerprint density at radius 3 is 1.83 bits per heavy atom. The number of esters is 1. The first-order chi connectivity index (χ1) is 13.2. The second kappa shape index (κ2) is 10.5. The Kier molecular flexibility index (Phi) is 9.75. The smallest absolute Gasteiger partial charge is 0.330 e. The number of carbonyl (C=O) groups is 1. The molecule has 0 aromatic heterocycles. The maximum absolute atomic E-state index is 12.0. The van der Waals surface area contributed by atoms with Crippen LogP contribution in [-0.4, -0.2) is 48.5 Å². The molecule has 0 aromatic rings. The van der Waals surface area contributed by atoms with Crippen molar-refractivity contribution in [2.75, 3.05) is 0 Å². The third kappa shape index (κ3) is 7.23. The molecule has 1 rings (SSSR count). The molecule has 1 heterocycles. The van der Waals surface area contributed by atoms with Crippen molar-refractivity contribution in [2.24, 2.45) is 17.8 Å². The van der Waals surface area contributed by atoms with Gasteiger partial charge in [-0.25, -0.2) is 4.79 Å². The monoisotopic (exact) mass is 478 g/mol. The van der Waals surface area contributed by atoms with Gasteiger partial charge >= 0.3 is 32.4 Å². The Morgan fingerprint density at radius 2 is 1.48 bits per heavy atom. The van der Waals surface area contributed by atoms with Crippen molar-refractivity contribution in [3.05, 3.63) is 12.7 Å². The first-order valence-electron chi connectivity index (χ1n) is 10.6. The zero-order valence-corrected chi connectivity index (χ0v) is 24.6. The van der Waals surface area contributed by atoms with Crippen LogP contribution in [-0.2, 0) is 26.0 Å². The zero-order chi connectivity index (χ0) is 22.6. The Bertz CT molecular complexity index is 539. The molecule has 1 fully saturated rings. The van der Waals surface area contributed by atoms with E-state index in [2.05, 4.69) is 74.3 Å². The summed E-state index contributed by atoms with van der Waals surface area (Å²) in [4.78, 5) is 12.0. The molecule has 0 aromatic carbocycles. The highest BCUT2D eigenvalue weighted by atomic mass is 28.5. The molecule has 0 N–H and O–H groups in total. The molecule has 0 bridgehead atoms. The average molecular weight is 479 g/mol. The number of hydrogen-bond donors (Lipinski definition) is 0. The number of carbonyl (C=O) groups excluding carboxylic acids is 1. The van der Waals surface area contributed by atoms with E-state index in [1.165, 1.54) is 6.08 Å². The van der Waals surface area contributed by atoms with E-state index in [0.29, 0.717) is 6.42 Å². The predicted molar refractivity (Wildman–Crippen MR) is 127 cm³/mol. The van der Waals surface area contributed by atoms with Crippen molar-refractivity contribution >= 4 is 42.4 Å². The van der Waals surface area contributed by atoms with E-state index in [0.717, 1.165) is 0 Å². The van der Waals surface area contributed by atoms with Gasteiger partial charge in [-0.1, -0.05) is 48.1 Å². The van der Waals surface area contributed by atoms with Crippen LogP contribution in [0, 0.1) is 17.8 Å². The van der Waals surface area contributed by atoms with Crippen LogP contribution >= 0.6 is 0 Å². The number of rotatable bonds is 8. The van der Waals surface area contributed by atoms with Crippen LogP contribution in [0.2, 0.25) is 31.2 Å². The van der Waals surface area contributed by atoms with Crippen molar-refractivity contribution in [3.8, 4) is 0 Å². The van der Waals surface area contributed by atoms with Crippen LogP contribution < -0.4 is 0 Å². The highest BCUT2D eigenvalue weighted by Gasteiger charge is 2.55. The molecule has 0 amide bonds. The summed E-state index contributed by atoms with van der Waals surface area (Å²) in [5, 5.41) is -0.240. The van der Waals surface area contributed by atoms with Crippen LogP contribution in [0.5, 0.6) is 0 Å². The molecule has 0 saturated carbocycles. The minimum atomic E-state index is -2.35.